The summed E-state index contributed by atoms with van der Waals surface area (Å²) in [7, 11) is 1.51. The molecule has 0 fully saturated rings. The first kappa shape index (κ1) is 15.6. The number of ether oxygens (including phenoxy) is 1. The van der Waals surface area contributed by atoms with Gasteiger partial charge in [-0.1, -0.05) is 22.0 Å². The van der Waals surface area contributed by atoms with Gasteiger partial charge in [0, 0.05) is 10.9 Å². The number of carbonyl (C=O) groups excluding carboxylic acids is 1. The molecule has 2 rings (SSSR count). The summed E-state index contributed by atoms with van der Waals surface area (Å²) in [6.07, 6.45) is -0.116. The van der Waals surface area contributed by atoms with Crippen molar-refractivity contribution in [3.8, 4) is 5.75 Å². The Morgan fingerprint density at radius 1 is 1.24 bits per heavy atom. The van der Waals surface area contributed by atoms with E-state index in [0.29, 0.717) is 15.8 Å². The van der Waals surface area contributed by atoms with Gasteiger partial charge in [-0.2, -0.15) is 0 Å². The molecule has 0 aliphatic rings. The van der Waals surface area contributed by atoms with Gasteiger partial charge in [0.1, 0.15) is 17.4 Å². The van der Waals surface area contributed by atoms with Crippen LogP contribution in [0.15, 0.2) is 34.8 Å². The van der Waals surface area contributed by atoms with Crippen LogP contribution in [0.1, 0.15) is 21.5 Å². The summed E-state index contributed by atoms with van der Waals surface area (Å²) in [5.41, 5.74) is 0.355. The Morgan fingerprint density at radius 2 is 1.95 bits per heavy atom. The van der Waals surface area contributed by atoms with E-state index >= 15 is 0 Å². The first-order valence-electron chi connectivity index (χ1n) is 6.24. The summed E-state index contributed by atoms with van der Waals surface area (Å²) in [5, 5.41) is 0. The molecular formula is C16H13BrF2O2. The largest absolute Gasteiger partial charge is 0.497 e. The minimum atomic E-state index is -0.845. The predicted molar refractivity (Wildman–Crippen MR) is 79.8 cm³/mol. The summed E-state index contributed by atoms with van der Waals surface area (Å²) >= 11 is 3.32. The third kappa shape index (κ3) is 3.29. The lowest BCUT2D eigenvalue weighted by Crippen LogP contribution is -2.10. The Labute approximate surface area is 129 Å². The quantitative estimate of drug-likeness (QED) is 0.757. The first-order valence-corrected chi connectivity index (χ1v) is 7.03. The highest BCUT2D eigenvalue weighted by molar-refractivity contribution is 9.10. The Bertz CT molecular complexity index is 699. The molecule has 0 aromatic heterocycles. The number of hydrogen-bond acceptors (Lipinski definition) is 2. The molecule has 0 radical (unpaired) electrons. The van der Waals surface area contributed by atoms with Crippen LogP contribution in [-0.2, 0) is 6.42 Å². The van der Waals surface area contributed by atoms with Crippen LogP contribution in [-0.4, -0.2) is 12.9 Å². The number of rotatable bonds is 4. The van der Waals surface area contributed by atoms with Crippen LogP contribution < -0.4 is 4.74 Å². The number of aryl methyl sites for hydroxylation is 1. The van der Waals surface area contributed by atoms with Crippen LogP contribution in [0.5, 0.6) is 5.75 Å². The number of halogens is 3. The fraction of sp³-hybridized carbons (Fsp3) is 0.188. The fourth-order valence-electron chi connectivity index (χ4n) is 1.99. The van der Waals surface area contributed by atoms with Crippen LogP contribution in [0.25, 0.3) is 0 Å². The Balaban J connectivity index is 2.37. The van der Waals surface area contributed by atoms with Gasteiger partial charge in [-0.3, -0.25) is 4.79 Å². The molecule has 110 valence electrons. The average Bonchev–Trinajstić information content (AvgIpc) is 2.46. The summed E-state index contributed by atoms with van der Waals surface area (Å²) in [4.78, 5) is 12.2. The Morgan fingerprint density at radius 3 is 2.62 bits per heavy atom. The second kappa shape index (κ2) is 6.35. The lowest BCUT2D eigenvalue weighted by Gasteiger charge is -2.09. The topological polar surface area (TPSA) is 26.3 Å². The van der Waals surface area contributed by atoms with Gasteiger partial charge < -0.3 is 4.74 Å². The third-order valence-electron chi connectivity index (χ3n) is 3.17. The molecular weight excluding hydrogens is 342 g/mol. The van der Waals surface area contributed by atoms with Gasteiger partial charge in [0.2, 0.25) is 0 Å². The molecule has 0 unspecified atom stereocenters. The maximum atomic E-state index is 14.0. The standard InChI is InChI=1S/C16H13BrF2O2/c1-9-3-6-13(18)15(16(9)19)14(20)8-10-7-11(21-2)4-5-12(10)17/h3-7H,8H2,1-2H3. The number of methoxy groups -OCH3 is 1. The molecule has 21 heavy (non-hydrogen) atoms. The lowest BCUT2D eigenvalue weighted by molar-refractivity contribution is 0.0984. The van der Waals surface area contributed by atoms with Crippen LogP contribution >= 0.6 is 15.9 Å². The Hall–Kier alpha value is -1.75. The van der Waals surface area contributed by atoms with Gasteiger partial charge in [-0.25, -0.2) is 8.78 Å². The summed E-state index contributed by atoms with van der Waals surface area (Å²) < 4.78 is 33.5. The minimum absolute atomic E-state index is 0.116. The van der Waals surface area contributed by atoms with Crippen molar-refractivity contribution in [2.45, 2.75) is 13.3 Å². The summed E-state index contributed by atoms with van der Waals surface area (Å²) in [5.74, 6) is -1.69. The van der Waals surface area contributed by atoms with Gasteiger partial charge in [0.15, 0.2) is 5.78 Å². The number of Topliss-reactive ketones (excluding diaryl/α,β-unsaturated/α-hetero) is 1. The lowest BCUT2D eigenvalue weighted by atomic mass is 10.00. The zero-order valence-corrected chi connectivity index (χ0v) is 13.1. The van der Waals surface area contributed by atoms with E-state index in [2.05, 4.69) is 15.9 Å². The van der Waals surface area contributed by atoms with Crippen molar-refractivity contribution in [3.05, 3.63) is 63.1 Å². The SMILES string of the molecule is COc1ccc(Br)c(CC(=O)c2c(F)ccc(C)c2F)c1. The van der Waals surface area contributed by atoms with Crippen molar-refractivity contribution in [2.75, 3.05) is 7.11 Å². The average molecular weight is 355 g/mol. The van der Waals surface area contributed by atoms with Crippen molar-refractivity contribution in [1.82, 2.24) is 0 Å². The van der Waals surface area contributed by atoms with Crippen molar-refractivity contribution >= 4 is 21.7 Å². The highest BCUT2D eigenvalue weighted by Crippen LogP contribution is 2.25. The van der Waals surface area contributed by atoms with E-state index in [4.69, 9.17) is 4.74 Å². The van der Waals surface area contributed by atoms with E-state index in [1.807, 2.05) is 0 Å². The van der Waals surface area contributed by atoms with E-state index in [1.165, 1.54) is 20.1 Å². The maximum absolute atomic E-state index is 14.0. The Kier molecular flexibility index (Phi) is 4.73. The molecule has 0 saturated heterocycles. The van der Waals surface area contributed by atoms with E-state index in [-0.39, 0.29) is 12.0 Å². The minimum Gasteiger partial charge on any atom is -0.497 e. The molecule has 0 aliphatic carbocycles. The molecule has 2 aromatic carbocycles. The van der Waals surface area contributed by atoms with Crippen molar-refractivity contribution < 1.29 is 18.3 Å². The second-order valence-corrected chi connectivity index (χ2v) is 5.46. The molecule has 5 heteroatoms. The van der Waals surface area contributed by atoms with Crippen molar-refractivity contribution in [2.24, 2.45) is 0 Å². The molecule has 2 nitrogen and oxygen atoms in total. The number of hydrogen-bond donors (Lipinski definition) is 0. The van der Waals surface area contributed by atoms with Gasteiger partial charge in [-0.05, 0) is 42.3 Å². The molecule has 0 N–H and O–H groups in total. The van der Waals surface area contributed by atoms with Gasteiger partial charge in [0.25, 0.3) is 0 Å². The molecule has 0 saturated carbocycles. The zero-order valence-electron chi connectivity index (χ0n) is 11.5. The fourth-order valence-corrected chi connectivity index (χ4v) is 2.37. The zero-order chi connectivity index (χ0) is 15.6. The molecule has 0 amide bonds. The molecule has 0 heterocycles. The first-order chi connectivity index (χ1) is 9.93. The number of benzene rings is 2. The predicted octanol–water partition coefficient (Wildman–Crippen LogP) is 4.47. The third-order valence-corrected chi connectivity index (χ3v) is 3.94. The summed E-state index contributed by atoms with van der Waals surface area (Å²) in [6.45, 7) is 1.49. The molecule has 0 aliphatic heterocycles. The highest BCUT2D eigenvalue weighted by atomic mass is 79.9. The summed E-state index contributed by atoms with van der Waals surface area (Å²) in [6, 6.07) is 7.53. The van der Waals surface area contributed by atoms with Gasteiger partial charge in [0.05, 0.1) is 12.7 Å². The molecule has 0 spiro atoms. The normalized spacial score (nSPS) is 10.5. The van der Waals surface area contributed by atoms with E-state index in [0.717, 1.165) is 6.07 Å². The smallest absolute Gasteiger partial charge is 0.173 e. The van der Waals surface area contributed by atoms with Crippen LogP contribution in [0.2, 0.25) is 0 Å². The van der Waals surface area contributed by atoms with Crippen LogP contribution in [0, 0.1) is 18.6 Å². The number of ketones is 1. The van der Waals surface area contributed by atoms with Gasteiger partial charge >= 0.3 is 0 Å². The van der Waals surface area contributed by atoms with Crippen molar-refractivity contribution in [1.29, 1.82) is 0 Å². The molecule has 2 aromatic rings. The molecule has 0 atom stereocenters. The van der Waals surface area contributed by atoms with Crippen LogP contribution in [0.4, 0.5) is 8.78 Å². The molecule has 0 bridgehead atoms. The number of carbonyl (C=O) groups is 1. The van der Waals surface area contributed by atoms with E-state index in [1.54, 1.807) is 18.2 Å². The second-order valence-electron chi connectivity index (χ2n) is 4.61. The van der Waals surface area contributed by atoms with Crippen molar-refractivity contribution in [3.63, 3.8) is 0 Å². The van der Waals surface area contributed by atoms with E-state index < -0.39 is 23.0 Å². The van der Waals surface area contributed by atoms with Gasteiger partial charge in [-0.15, -0.1) is 0 Å². The monoisotopic (exact) mass is 354 g/mol. The van der Waals surface area contributed by atoms with Crippen LogP contribution in [0.3, 0.4) is 0 Å². The maximum Gasteiger partial charge on any atom is 0.173 e. The highest BCUT2D eigenvalue weighted by Gasteiger charge is 2.20. The van der Waals surface area contributed by atoms with E-state index in [9.17, 15) is 13.6 Å².